The Bertz CT molecular complexity index is 364. The van der Waals surface area contributed by atoms with Crippen LogP contribution in [0.15, 0.2) is 0 Å². The maximum Gasteiger partial charge on any atom is 0.471 e. The molecular formula is C13H21F3N2O3. The highest BCUT2D eigenvalue weighted by atomic mass is 19.4. The first-order valence-corrected chi connectivity index (χ1v) is 6.97. The number of halogens is 3. The monoisotopic (exact) mass is 310 g/mol. The van der Waals surface area contributed by atoms with Gasteiger partial charge in [-0.15, -0.1) is 0 Å². The van der Waals surface area contributed by atoms with Gasteiger partial charge in [0.1, 0.15) is 0 Å². The van der Waals surface area contributed by atoms with Crippen LogP contribution in [0.3, 0.4) is 0 Å². The van der Waals surface area contributed by atoms with Gasteiger partial charge in [0.25, 0.3) is 0 Å². The van der Waals surface area contributed by atoms with E-state index < -0.39 is 12.1 Å². The molecule has 0 bridgehead atoms. The lowest BCUT2D eigenvalue weighted by Gasteiger charge is -2.31. The van der Waals surface area contributed by atoms with E-state index in [2.05, 4.69) is 5.32 Å². The van der Waals surface area contributed by atoms with Crippen molar-refractivity contribution in [2.75, 3.05) is 26.2 Å². The van der Waals surface area contributed by atoms with Gasteiger partial charge in [-0.1, -0.05) is 0 Å². The maximum absolute atomic E-state index is 12.3. The molecule has 1 rings (SSSR count). The third kappa shape index (κ3) is 5.91. The van der Waals surface area contributed by atoms with E-state index in [1.54, 1.807) is 0 Å². The van der Waals surface area contributed by atoms with Crippen LogP contribution in [0.25, 0.3) is 0 Å². The highest BCUT2D eigenvalue weighted by Gasteiger charge is 2.43. The van der Waals surface area contributed by atoms with Gasteiger partial charge in [0, 0.05) is 25.6 Å². The summed E-state index contributed by atoms with van der Waals surface area (Å²) in [5.41, 5.74) is 0. The van der Waals surface area contributed by atoms with Crippen LogP contribution in [-0.2, 0) is 14.3 Å². The molecule has 0 saturated carbocycles. The lowest BCUT2D eigenvalue weighted by Crippen LogP contribution is -2.47. The lowest BCUT2D eigenvalue weighted by atomic mass is 9.96. The van der Waals surface area contributed by atoms with Crippen LogP contribution in [0, 0.1) is 5.92 Å². The third-order valence-corrected chi connectivity index (χ3v) is 3.25. The van der Waals surface area contributed by atoms with Crippen molar-refractivity contribution in [1.29, 1.82) is 0 Å². The highest BCUT2D eigenvalue weighted by Crippen LogP contribution is 2.23. The number of ether oxygens (including phenoxy) is 1. The Hall–Kier alpha value is -1.31. The second-order valence-corrected chi connectivity index (χ2v) is 5.27. The predicted molar refractivity (Wildman–Crippen MR) is 69.5 cm³/mol. The van der Waals surface area contributed by atoms with Gasteiger partial charge in [-0.25, -0.2) is 0 Å². The molecule has 1 aliphatic rings. The van der Waals surface area contributed by atoms with Crippen LogP contribution in [0.1, 0.15) is 26.7 Å². The van der Waals surface area contributed by atoms with Crippen molar-refractivity contribution in [2.24, 2.45) is 5.92 Å². The second kappa shape index (κ2) is 7.63. The number of carbonyl (C=O) groups is 2. The van der Waals surface area contributed by atoms with E-state index in [4.69, 9.17) is 4.74 Å². The second-order valence-electron chi connectivity index (χ2n) is 5.27. The zero-order valence-electron chi connectivity index (χ0n) is 12.2. The van der Waals surface area contributed by atoms with E-state index in [1.807, 2.05) is 13.8 Å². The van der Waals surface area contributed by atoms with Crippen LogP contribution in [0.2, 0.25) is 0 Å². The van der Waals surface area contributed by atoms with Crippen molar-refractivity contribution < 1.29 is 27.5 Å². The molecule has 0 aromatic carbocycles. The zero-order chi connectivity index (χ0) is 16.0. The van der Waals surface area contributed by atoms with Crippen molar-refractivity contribution in [3.63, 3.8) is 0 Å². The fraction of sp³-hybridized carbons (Fsp3) is 0.846. The quantitative estimate of drug-likeness (QED) is 0.779. The van der Waals surface area contributed by atoms with Gasteiger partial charge in [0.2, 0.25) is 5.91 Å². The molecule has 0 atom stereocenters. The van der Waals surface area contributed by atoms with Gasteiger partial charge in [-0.2, -0.15) is 13.2 Å². The van der Waals surface area contributed by atoms with Gasteiger partial charge < -0.3 is 15.0 Å². The molecule has 8 heteroatoms. The Labute approximate surface area is 121 Å². The Kier molecular flexibility index (Phi) is 6.44. The van der Waals surface area contributed by atoms with E-state index in [0.717, 1.165) is 4.90 Å². The summed E-state index contributed by atoms with van der Waals surface area (Å²) in [6, 6.07) is 0. The number of nitrogens with one attached hydrogen (secondary N) is 1. The Morgan fingerprint density at radius 2 is 1.86 bits per heavy atom. The van der Waals surface area contributed by atoms with Crippen LogP contribution < -0.4 is 5.32 Å². The molecule has 1 saturated heterocycles. The van der Waals surface area contributed by atoms with Crippen molar-refractivity contribution in [3.8, 4) is 0 Å². The number of piperidine rings is 1. The number of likely N-dealkylation sites (tertiary alicyclic amines) is 1. The molecule has 0 radical (unpaired) electrons. The predicted octanol–water partition coefficient (Wildman–Crippen LogP) is 1.33. The van der Waals surface area contributed by atoms with Crippen molar-refractivity contribution in [1.82, 2.24) is 10.2 Å². The minimum absolute atomic E-state index is 0.0427. The number of carbonyl (C=O) groups excluding carboxylic acids is 2. The average Bonchev–Trinajstić information content (AvgIpc) is 2.41. The minimum Gasteiger partial charge on any atom is -0.377 e. The first kappa shape index (κ1) is 17.7. The third-order valence-electron chi connectivity index (χ3n) is 3.25. The molecule has 0 aliphatic carbocycles. The molecule has 1 fully saturated rings. The number of alkyl halides is 3. The topological polar surface area (TPSA) is 58.6 Å². The largest absolute Gasteiger partial charge is 0.471 e. The molecule has 1 N–H and O–H groups in total. The molecule has 21 heavy (non-hydrogen) atoms. The van der Waals surface area contributed by atoms with Crippen LogP contribution in [0.5, 0.6) is 0 Å². The molecule has 122 valence electrons. The smallest absolute Gasteiger partial charge is 0.377 e. The van der Waals surface area contributed by atoms with Gasteiger partial charge in [0.05, 0.1) is 12.7 Å². The maximum atomic E-state index is 12.3. The van der Waals surface area contributed by atoms with Gasteiger partial charge in [-0.05, 0) is 26.7 Å². The van der Waals surface area contributed by atoms with E-state index in [0.29, 0.717) is 13.2 Å². The summed E-state index contributed by atoms with van der Waals surface area (Å²) in [5.74, 6) is -2.37. The van der Waals surface area contributed by atoms with Crippen molar-refractivity contribution in [2.45, 2.75) is 39.0 Å². The van der Waals surface area contributed by atoms with E-state index >= 15 is 0 Å². The highest BCUT2D eigenvalue weighted by molar-refractivity contribution is 5.83. The summed E-state index contributed by atoms with van der Waals surface area (Å²) in [4.78, 5) is 23.6. The van der Waals surface area contributed by atoms with Gasteiger partial charge in [-0.3, -0.25) is 9.59 Å². The minimum atomic E-state index is -4.84. The standard InChI is InChI=1S/C13H21F3N2O3/c1-9(2)21-8-5-17-11(19)10-3-6-18(7-4-10)12(20)13(14,15)16/h9-10H,3-8H2,1-2H3,(H,17,19). The molecule has 1 aliphatic heterocycles. The first-order chi connectivity index (χ1) is 9.71. The summed E-state index contributed by atoms with van der Waals surface area (Å²) in [7, 11) is 0. The van der Waals surface area contributed by atoms with Crippen LogP contribution >= 0.6 is 0 Å². The SMILES string of the molecule is CC(C)OCCNC(=O)C1CCN(C(=O)C(F)(F)F)CC1. The van der Waals surface area contributed by atoms with E-state index in [1.165, 1.54) is 0 Å². The fourth-order valence-electron chi connectivity index (χ4n) is 2.14. The summed E-state index contributed by atoms with van der Waals surface area (Å²) < 4.78 is 42.1. The molecule has 1 heterocycles. The summed E-state index contributed by atoms with van der Waals surface area (Å²) in [6.07, 6.45) is -4.26. The van der Waals surface area contributed by atoms with Gasteiger partial charge in [0.15, 0.2) is 0 Å². The van der Waals surface area contributed by atoms with Crippen molar-refractivity contribution >= 4 is 11.8 Å². The number of hydrogen-bond acceptors (Lipinski definition) is 3. The average molecular weight is 310 g/mol. The number of hydrogen-bond donors (Lipinski definition) is 1. The van der Waals surface area contributed by atoms with E-state index in [-0.39, 0.29) is 43.9 Å². The Balaban J connectivity index is 2.29. The van der Waals surface area contributed by atoms with Crippen LogP contribution in [0.4, 0.5) is 13.2 Å². The lowest BCUT2D eigenvalue weighted by molar-refractivity contribution is -0.186. The Morgan fingerprint density at radius 3 is 2.33 bits per heavy atom. The molecule has 5 nitrogen and oxygen atoms in total. The summed E-state index contributed by atoms with van der Waals surface area (Å²) in [6.45, 7) is 4.45. The van der Waals surface area contributed by atoms with Gasteiger partial charge >= 0.3 is 12.1 Å². The molecule has 0 unspecified atom stereocenters. The number of nitrogens with zero attached hydrogens (tertiary/aromatic N) is 1. The molecule has 2 amide bonds. The zero-order valence-corrected chi connectivity index (χ0v) is 12.2. The molecule has 0 spiro atoms. The fourth-order valence-corrected chi connectivity index (χ4v) is 2.14. The Morgan fingerprint density at radius 1 is 1.29 bits per heavy atom. The summed E-state index contributed by atoms with van der Waals surface area (Å²) in [5, 5.41) is 2.69. The van der Waals surface area contributed by atoms with Crippen molar-refractivity contribution in [3.05, 3.63) is 0 Å². The normalized spacial score (nSPS) is 17.1. The summed E-state index contributed by atoms with van der Waals surface area (Å²) >= 11 is 0. The van der Waals surface area contributed by atoms with E-state index in [9.17, 15) is 22.8 Å². The molecule has 0 aromatic heterocycles. The first-order valence-electron chi connectivity index (χ1n) is 6.97. The molecule has 0 aromatic rings. The van der Waals surface area contributed by atoms with Crippen LogP contribution in [-0.4, -0.2) is 55.2 Å². The number of amides is 2. The number of rotatable bonds is 5. The molecular weight excluding hydrogens is 289 g/mol.